The lowest BCUT2D eigenvalue weighted by Gasteiger charge is -2.25. The Balaban J connectivity index is 1.93. The van der Waals surface area contributed by atoms with Crippen molar-refractivity contribution in [3.05, 3.63) is 64.0 Å². The Morgan fingerprint density at radius 1 is 1.36 bits per heavy atom. The molecule has 0 aliphatic rings. The molecule has 5 nitrogen and oxygen atoms in total. The van der Waals surface area contributed by atoms with Gasteiger partial charge in [0.25, 0.3) is 5.56 Å². The minimum atomic E-state index is -0.466. The number of aliphatic hydroxyl groups excluding tert-OH is 1. The number of anilines is 1. The molecule has 0 fully saturated rings. The predicted octanol–water partition coefficient (Wildman–Crippen LogP) is 2.14. The van der Waals surface area contributed by atoms with E-state index < -0.39 is 6.10 Å². The maximum atomic E-state index is 12.1. The molecule has 3 rings (SSSR count). The molecule has 0 bridgehead atoms. The van der Waals surface area contributed by atoms with E-state index in [2.05, 4.69) is 4.98 Å². The summed E-state index contributed by atoms with van der Waals surface area (Å²) in [4.78, 5) is 19.3. The molecule has 0 saturated heterocycles. The van der Waals surface area contributed by atoms with Gasteiger partial charge < -0.3 is 10.0 Å². The van der Waals surface area contributed by atoms with Crippen molar-refractivity contribution in [3.63, 3.8) is 0 Å². The Hall–Kier alpha value is -2.18. The quantitative estimate of drug-likeness (QED) is 0.784. The summed E-state index contributed by atoms with van der Waals surface area (Å²) >= 11 is 1.44. The van der Waals surface area contributed by atoms with Gasteiger partial charge in [-0.15, -0.1) is 11.3 Å². The molecule has 2 heterocycles. The molecule has 22 heavy (non-hydrogen) atoms. The van der Waals surface area contributed by atoms with Crippen molar-refractivity contribution < 1.29 is 5.11 Å². The first-order valence-electron chi connectivity index (χ1n) is 7.07. The van der Waals surface area contributed by atoms with E-state index >= 15 is 0 Å². The second kappa shape index (κ2) is 6.29. The normalized spacial score (nSPS) is 12.5. The Kier molecular flexibility index (Phi) is 4.22. The van der Waals surface area contributed by atoms with E-state index in [1.165, 1.54) is 15.7 Å². The Labute approximate surface area is 132 Å². The molecule has 114 valence electrons. The number of aromatic nitrogens is 2. The summed E-state index contributed by atoms with van der Waals surface area (Å²) in [5.41, 5.74) is 1.62. The fourth-order valence-electron chi connectivity index (χ4n) is 2.38. The molecule has 1 aromatic carbocycles. The molecule has 0 aliphatic heterocycles. The van der Waals surface area contributed by atoms with Gasteiger partial charge in [0, 0.05) is 29.9 Å². The minimum absolute atomic E-state index is 0.0775. The summed E-state index contributed by atoms with van der Waals surface area (Å²) in [6, 6.07) is 11.4. The fourth-order valence-corrected chi connectivity index (χ4v) is 3.12. The van der Waals surface area contributed by atoms with Gasteiger partial charge in [0.2, 0.25) is 0 Å². The standard InChI is InChI=1S/C16H17N3O2S/c1-12(20)10-18(14-5-3-2-4-6-14)11-13-9-15(21)19-7-8-22-16(19)17-13/h2-9,12,20H,10-11H2,1H3. The second-order valence-electron chi connectivity index (χ2n) is 5.21. The Bertz CT molecular complexity index is 811. The summed E-state index contributed by atoms with van der Waals surface area (Å²) in [6.07, 6.45) is 1.26. The van der Waals surface area contributed by atoms with Crippen molar-refractivity contribution in [1.82, 2.24) is 9.38 Å². The molecule has 1 atom stereocenters. The number of rotatable bonds is 5. The molecular weight excluding hydrogens is 298 g/mol. The molecule has 2 aromatic heterocycles. The first-order chi connectivity index (χ1) is 10.6. The third-order valence-electron chi connectivity index (χ3n) is 3.32. The molecule has 0 radical (unpaired) electrons. The molecule has 1 N–H and O–H groups in total. The lowest BCUT2D eigenvalue weighted by molar-refractivity contribution is 0.199. The zero-order valence-electron chi connectivity index (χ0n) is 12.2. The molecule has 0 aliphatic carbocycles. The maximum Gasteiger partial charge on any atom is 0.258 e. The van der Waals surface area contributed by atoms with Crippen LogP contribution in [0.4, 0.5) is 5.69 Å². The van der Waals surface area contributed by atoms with Crippen LogP contribution in [0.5, 0.6) is 0 Å². The lowest BCUT2D eigenvalue weighted by atomic mass is 10.2. The fraction of sp³-hybridized carbons (Fsp3) is 0.250. The van der Waals surface area contributed by atoms with E-state index in [0.717, 1.165) is 5.69 Å². The smallest absolute Gasteiger partial charge is 0.258 e. The minimum Gasteiger partial charge on any atom is -0.392 e. The van der Waals surface area contributed by atoms with Gasteiger partial charge in [-0.05, 0) is 19.1 Å². The molecule has 3 aromatic rings. The van der Waals surface area contributed by atoms with Crippen LogP contribution in [0, 0.1) is 0 Å². The van der Waals surface area contributed by atoms with Crippen molar-refractivity contribution in [2.45, 2.75) is 19.6 Å². The van der Waals surface area contributed by atoms with E-state index in [1.807, 2.05) is 40.6 Å². The second-order valence-corrected chi connectivity index (χ2v) is 6.08. The Morgan fingerprint density at radius 2 is 2.14 bits per heavy atom. The highest BCUT2D eigenvalue weighted by molar-refractivity contribution is 7.15. The third kappa shape index (κ3) is 3.18. The number of para-hydroxylation sites is 1. The summed E-state index contributed by atoms with van der Waals surface area (Å²) in [6.45, 7) is 2.72. The van der Waals surface area contributed by atoms with E-state index in [-0.39, 0.29) is 5.56 Å². The first kappa shape index (κ1) is 14.7. The van der Waals surface area contributed by atoms with Crippen LogP contribution in [0.2, 0.25) is 0 Å². The van der Waals surface area contributed by atoms with Gasteiger partial charge in [-0.25, -0.2) is 4.98 Å². The van der Waals surface area contributed by atoms with Gasteiger partial charge >= 0.3 is 0 Å². The van der Waals surface area contributed by atoms with E-state index in [4.69, 9.17) is 0 Å². The topological polar surface area (TPSA) is 57.8 Å². The SMILES string of the molecule is CC(O)CN(Cc1cc(=O)n2ccsc2n1)c1ccccc1. The number of hydrogen-bond acceptors (Lipinski definition) is 5. The average Bonchev–Trinajstić information content (AvgIpc) is 2.96. The largest absolute Gasteiger partial charge is 0.392 e. The highest BCUT2D eigenvalue weighted by Gasteiger charge is 2.12. The molecular formula is C16H17N3O2S. The number of hydrogen-bond donors (Lipinski definition) is 1. The van der Waals surface area contributed by atoms with Gasteiger partial charge in [0.1, 0.15) is 0 Å². The van der Waals surface area contributed by atoms with Gasteiger partial charge in [0.05, 0.1) is 18.3 Å². The lowest BCUT2D eigenvalue weighted by Crippen LogP contribution is -2.31. The van der Waals surface area contributed by atoms with E-state index in [9.17, 15) is 9.90 Å². The van der Waals surface area contributed by atoms with Crippen molar-refractivity contribution in [2.75, 3.05) is 11.4 Å². The summed E-state index contributed by atoms with van der Waals surface area (Å²) in [5, 5.41) is 11.6. The molecule has 1 unspecified atom stereocenters. The average molecular weight is 315 g/mol. The number of nitrogens with zero attached hydrogens (tertiary/aromatic N) is 3. The monoisotopic (exact) mass is 315 g/mol. The van der Waals surface area contributed by atoms with Crippen LogP contribution < -0.4 is 10.5 Å². The first-order valence-corrected chi connectivity index (χ1v) is 7.95. The number of fused-ring (bicyclic) bond motifs is 1. The van der Waals surface area contributed by atoms with Crippen molar-refractivity contribution >= 4 is 22.0 Å². The van der Waals surface area contributed by atoms with Crippen LogP contribution in [0.3, 0.4) is 0 Å². The van der Waals surface area contributed by atoms with Crippen LogP contribution in [0.1, 0.15) is 12.6 Å². The third-order valence-corrected chi connectivity index (χ3v) is 4.07. The zero-order valence-corrected chi connectivity index (χ0v) is 13.0. The van der Waals surface area contributed by atoms with Gasteiger partial charge in [-0.3, -0.25) is 9.20 Å². The molecule has 0 spiro atoms. The van der Waals surface area contributed by atoms with Crippen LogP contribution in [0.25, 0.3) is 4.96 Å². The molecule has 0 amide bonds. The van der Waals surface area contributed by atoms with E-state index in [0.29, 0.717) is 23.7 Å². The maximum absolute atomic E-state index is 12.1. The van der Waals surface area contributed by atoms with Gasteiger partial charge in [-0.2, -0.15) is 0 Å². The molecule has 0 saturated carbocycles. The molecule has 6 heteroatoms. The van der Waals surface area contributed by atoms with Gasteiger partial charge in [-0.1, -0.05) is 18.2 Å². The number of aliphatic hydroxyl groups is 1. The van der Waals surface area contributed by atoms with Crippen LogP contribution in [0.15, 0.2) is 52.8 Å². The predicted molar refractivity (Wildman–Crippen MR) is 88.5 cm³/mol. The zero-order chi connectivity index (χ0) is 15.5. The number of benzene rings is 1. The van der Waals surface area contributed by atoms with E-state index in [1.54, 1.807) is 19.2 Å². The van der Waals surface area contributed by atoms with Crippen LogP contribution in [-0.2, 0) is 6.54 Å². The summed E-state index contributed by atoms with van der Waals surface area (Å²) in [5.74, 6) is 0. The highest BCUT2D eigenvalue weighted by atomic mass is 32.1. The van der Waals surface area contributed by atoms with Crippen molar-refractivity contribution in [3.8, 4) is 0 Å². The van der Waals surface area contributed by atoms with Crippen LogP contribution in [-0.4, -0.2) is 27.1 Å². The van der Waals surface area contributed by atoms with Crippen molar-refractivity contribution in [2.24, 2.45) is 0 Å². The number of thiazole rings is 1. The highest BCUT2D eigenvalue weighted by Crippen LogP contribution is 2.17. The summed E-state index contributed by atoms with van der Waals surface area (Å²) < 4.78 is 1.54. The van der Waals surface area contributed by atoms with Gasteiger partial charge in [0.15, 0.2) is 4.96 Å². The summed E-state index contributed by atoms with van der Waals surface area (Å²) in [7, 11) is 0. The van der Waals surface area contributed by atoms with Crippen molar-refractivity contribution in [1.29, 1.82) is 0 Å². The Morgan fingerprint density at radius 3 is 2.86 bits per heavy atom. The van der Waals surface area contributed by atoms with Crippen LogP contribution >= 0.6 is 11.3 Å².